The van der Waals surface area contributed by atoms with Crippen molar-refractivity contribution in [2.45, 2.75) is 18.9 Å². The summed E-state index contributed by atoms with van der Waals surface area (Å²) in [4.78, 5) is 0. The van der Waals surface area contributed by atoms with Gasteiger partial charge in [0.15, 0.2) is 0 Å². The van der Waals surface area contributed by atoms with Crippen LogP contribution in [0.3, 0.4) is 0 Å². The molecule has 0 saturated carbocycles. The van der Waals surface area contributed by atoms with Crippen LogP contribution >= 0.6 is 0 Å². The number of benzene rings is 1. The van der Waals surface area contributed by atoms with E-state index in [4.69, 9.17) is 10.00 Å². The lowest BCUT2D eigenvalue weighted by atomic mass is 9.88. The minimum absolute atomic E-state index is 0.461. The molecule has 3 nitrogen and oxygen atoms in total. The maximum absolute atomic E-state index is 9.07. The molecule has 0 bridgehead atoms. The highest BCUT2D eigenvalue weighted by Crippen LogP contribution is 2.21. The van der Waals surface area contributed by atoms with Crippen LogP contribution in [-0.4, -0.2) is 26.3 Å². The van der Waals surface area contributed by atoms with E-state index >= 15 is 0 Å². The first-order chi connectivity index (χ1) is 8.35. The zero-order chi connectivity index (χ0) is 12.1. The van der Waals surface area contributed by atoms with Crippen LogP contribution in [0.1, 0.15) is 17.5 Å². The Balaban J connectivity index is 2.11. The van der Waals surface area contributed by atoms with Gasteiger partial charge in [-0.3, -0.25) is 0 Å². The molecule has 1 aliphatic heterocycles. The van der Waals surface area contributed by atoms with Gasteiger partial charge in [0.1, 0.15) is 0 Å². The van der Waals surface area contributed by atoms with Crippen molar-refractivity contribution in [2.24, 2.45) is 5.92 Å². The van der Waals surface area contributed by atoms with Crippen molar-refractivity contribution in [3.05, 3.63) is 35.4 Å². The molecule has 17 heavy (non-hydrogen) atoms. The van der Waals surface area contributed by atoms with Gasteiger partial charge < -0.3 is 10.1 Å². The molecular weight excluding hydrogens is 212 g/mol. The molecule has 1 aromatic carbocycles. The molecule has 1 heterocycles. The van der Waals surface area contributed by atoms with Gasteiger partial charge in [0.05, 0.1) is 18.2 Å². The normalized spacial score (nSPS) is 24.2. The molecule has 2 atom stereocenters. The highest BCUT2D eigenvalue weighted by Gasteiger charge is 2.25. The number of rotatable bonds is 3. The van der Waals surface area contributed by atoms with Gasteiger partial charge in [-0.15, -0.1) is 0 Å². The Morgan fingerprint density at radius 3 is 3.06 bits per heavy atom. The fourth-order valence-corrected chi connectivity index (χ4v) is 2.47. The molecule has 3 heteroatoms. The number of nitriles is 1. The molecule has 1 aliphatic rings. The van der Waals surface area contributed by atoms with Crippen LogP contribution in [0.25, 0.3) is 0 Å². The third-order valence-corrected chi connectivity index (χ3v) is 3.46. The predicted octanol–water partition coefficient (Wildman–Crippen LogP) is 1.73. The van der Waals surface area contributed by atoms with E-state index < -0.39 is 0 Å². The number of nitrogens with zero attached hydrogens (tertiary/aromatic N) is 1. The third kappa shape index (κ3) is 2.85. The second-order valence-electron chi connectivity index (χ2n) is 4.49. The zero-order valence-electron chi connectivity index (χ0n) is 10.1. The molecular formula is C14H18N2O. The minimum atomic E-state index is 0.461. The Labute approximate surface area is 102 Å². The molecule has 1 N–H and O–H groups in total. The Morgan fingerprint density at radius 2 is 2.29 bits per heavy atom. The lowest BCUT2D eigenvalue weighted by Gasteiger charge is -2.31. The molecule has 0 spiro atoms. The van der Waals surface area contributed by atoms with Crippen molar-refractivity contribution in [3.63, 3.8) is 0 Å². The van der Waals surface area contributed by atoms with Crippen molar-refractivity contribution in [1.29, 1.82) is 5.26 Å². The van der Waals surface area contributed by atoms with Crippen LogP contribution < -0.4 is 5.32 Å². The smallest absolute Gasteiger partial charge is 0.0994 e. The Kier molecular flexibility index (Phi) is 4.13. The standard InChI is InChI=1S/C14H18N2O/c1-16-14-6-7-17-10-13(14)8-11-4-2-3-5-12(11)9-15/h2-5,13-14,16H,6-8,10H2,1H3/t13-,14-/m0/s1. The average Bonchev–Trinajstić information content (AvgIpc) is 2.40. The van der Waals surface area contributed by atoms with E-state index in [-0.39, 0.29) is 0 Å². The molecule has 0 unspecified atom stereocenters. The van der Waals surface area contributed by atoms with Crippen LogP contribution in [-0.2, 0) is 11.2 Å². The summed E-state index contributed by atoms with van der Waals surface area (Å²) in [6.45, 7) is 1.62. The van der Waals surface area contributed by atoms with Gasteiger partial charge in [0.2, 0.25) is 0 Å². The van der Waals surface area contributed by atoms with Crippen LogP contribution in [0.2, 0.25) is 0 Å². The summed E-state index contributed by atoms with van der Waals surface area (Å²) in [6, 6.07) is 10.6. The Morgan fingerprint density at radius 1 is 1.47 bits per heavy atom. The number of hydrogen-bond donors (Lipinski definition) is 1. The molecule has 90 valence electrons. The van der Waals surface area contributed by atoms with E-state index in [1.165, 1.54) is 0 Å². The van der Waals surface area contributed by atoms with E-state index in [9.17, 15) is 0 Å². The summed E-state index contributed by atoms with van der Waals surface area (Å²) in [7, 11) is 2.00. The monoisotopic (exact) mass is 230 g/mol. The van der Waals surface area contributed by atoms with Crippen molar-refractivity contribution in [2.75, 3.05) is 20.3 Å². The molecule has 1 saturated heterocycles. The Bertz CT molecular complexity index is 411. The lowest BCUT2D eigenvalue weighted by Crippen LogP contribution is -2.42. The highest BCUT2D eigenvalue weighted by molar-refractivity contribution is 5.37. The lowest BCUT2D eigenvalue weighted by molar-refractivity contribution is 0.0342. The molecule has 2 rings (SSSR count). The molecule has 1 aromatic rings. The van der Waals surface area contributed by atoms with Crippen molar-refractivity contribution >= 4 is 0 Å². The molecule has 1 fully saturated rings. The summed E-state index contributed by atoms with van der Waals surface area (Å²) in [5.41, 5.74) is 1.92. The molecule has 0 radical (unpaired) electrons. The summed E-state index contributed by atoms with van der Waals surface area (Å²) >= 11 is 0. The van der Waals surface area contributed by atoms with Gasteiger partial charge in [0, 0.05) is 18.6 Å². The van der Waals surface area contributed by atoms with Gasteiger partial charge in [-0.2, -0.15) is 5.26 Å². The fourth-order valence-electron chi connectivity index (χ4n) is 2.47. The molecule has 0 aliphatic carbocycles. The van der Waals surface area contributed by atoms with Crippen molar-refractivity contribution in [1.82, 2.24) is 5.32 Å². The van der Waals surface area contributed by atoms with E-state index in [1.807, 2.05) is 31.3 Å². The summed E-state index contributed by atoms with van der Waals surface area (Å²) in [5.74, 6) is 0.461. The first kappa shape index (κ1) is 12.1. The van der Waals surface area contributed by atoms with E-state index in [0.717, 1.165) is 37.2 Å². The maximum atomic E-state index is 9.07. The SMILES string of the molecule is CN[C@H]1CCOC[C@@H]1Cc1ccccc1C#N. The van der Waals surface area contributed by atoms with Gasteiger partial charge in [-0.25, -0.2) is 0 Å². The van der Waals surface area contributed by atoms with Gasteiger partial charge in [-0.05, 0) is 31.5 Å². The third-order valence-electron chi connectivity index (χ3n) is 3.46. The molecule has 0 amide bonds. The summed E-state index contributed by atoms with van der Waals surface area (Å²) in [5, 5.41) is 12.4. The largest absolute Gasteiger partial charge is 0.381 e. The van der Waals surface area contributed by atoms with Crippen LogP contribution in [0, 0.1) is 17.2 Å². The van der Waals surface area contributed by atoms with E-state index in [2.05, 4.69) is 11.4 Å². The van der Waals surface area contributed by atoms with E-state index in [0.29, 0.717) is 12.0 Å². The molecule has 0 aromatic heterocycles. The number of ether oxygens (including phenoxy) is 1. The first-order valence-corrected chi connectivity index (χ1v) is 6.08. The summed E-state index contributed by atoms with van der Waals surface area (Å²) < 4.78 is 5.54. The Hall–Kier alpha value is -1.37. The summed E-state index contributed by atoms with van der Waals surface area (Å²) in [6.07, 6.45) is 1.96. The van der Waals surface area contributed by atoms with Crippen LogP contribution in [0.4, 0.5) is 0 Å². The number of nitrogens with one attached hydrogen (secondary N) is 1. The maximum Gasteiger partial charge on any atom is 0.0994 e. The van der Waals surface area contributed by atoms with E-state index in [1.54, 1.807) is 0 Å². The fraction of sp³-hybridized carbons (Fsp3) is 0.500. The quantitative estimate of drug-likeness (QED) is 0.860. The topological polar surface area (TPSA) is 45.0 Å². The van der Waals surface area contributed by atoms with Crippen LogP contribution in [0.5, 0.6) is 0 Å². The zero-order valence-corrected chi connectivity index (χ0v) is 10.1. The van der Waals surface area contributed by atoms with Gasteiger partial charge in [-0.1, -0.05) is 18.2 Å². The second kappa shape index (κ2) is 5.81. The number of hydrogen-bond acceptors (Lipinski definition) is 3. The average molecular weight is 230 g/mol. The van der Waals surface area contributed by atoms with Gasteiger partial charge in [0.25, 0.3) is 0 Å². The predicted molar refractivity (Wildman–Crippen MR) is 66.6 cm³/mol. The minimum Gasteiger partial charge on any atom is -0.381 e. The van der Waals surface area contributed by atoms with Gasteiger partial charge >= 0.3 is 0 Å². The van der Waals surface area contributed by atoms with Crippen molar-refractivity contribution < 1.29 is 4.74 Å². The second-order valence-corrected chi connectivity index (χ2v) is 4.49. The van der Waals surface area contributed by atoms with Crippen molar-refractivity contribution in [3.8, 4) is 6.07 Å². The highest BCUT2D eigenvalue weighted by atomic mass is 16.5. The first-order valence-electron chi connectivity index (χ1n) is 6.08. The van der Waals surface area contributed by atoms with Crippen LogP contribution in [0.15, 0.2) is 24.3 Å².